The van der Waals surface area contributed by atoms with Crippen molar-refractivity contribution in [2.24, 2.45) is 0 Å². The van der Waals surface area contributed by atoms with Crippen LogP contribution in [-0.2, 0) is 0 Å². The normalized spacial score (nSPS) is 11.1. The molecule has 0 atom stereocenters. The zero-order valence-electron chi connectivity index (χ0n) is 20.4. The van der Waals surface area contributed by atoms with Crippen molar-refractivity contribution in [3.05, 3.63) is 51.7 Å². The molecule has 0 spiro atoms. The summed E-state index contributed by atoms with van der Waals surface area (Å²) in [5, 5.41) is 10.8. The number of rotatable bonds is 11. The Kier molecular flexibility index (Phi) is 9.05. The first-order valence-corrected chi connectivity index (χ1v) is 13.1. The average molecular weight is 482 g/mol. The summed E-state index contributed by atoms with van der Waals surface area (Å²) in [4.78, 5) is 25.5. The molecule has 8 heteroatoms. The summed E-state index contributed by atoms with van der Waals surface area (Å²) in [5.41, 5.74) is 1.48. The van der Waals surface area contributed by atoms with Crippen LogP contribution in [0.3, 0.4) is 0 Å². The first kappa shape index (κ1) is 25.7. The van der Waals surface area contributed by atoms with Gasteiger partial charge < -0.3 is 4.90 Å². The predicted octanol–water partition coefficient (Wildman–Crippen LogP) is 6.01. The number of nitrogens with zero attached hydrogens (tertiary/aromatic N) is 5. The quantitative estimate of drug-likeness (QED) is 0.247. The Morgan fingerprint density at radius 3 is 2.21 bits per heavy atom. The summed E-state index contributed by atoms with van der Waals surface area (Å²) in [6.45, 7) is 7.57. The molecule has 0 unspecified atom stereocenters. The highest BCUT2D eigenvalue weighted by Gasteiger charge is 2.23. The van der Waals surface area contributed by atoms with Crippen LogP contribution in [0.5, 0.6) is 0 Å². The maximum Gasteiger partial charge on any atom is 0.269 e. The number of aryl methyl sites for hydroxylation is 1. The van der Waals surface area contributed by atoms with Gasteiger partial charge >= 0.3 is 0 Å². The molecule has 0 aliphatic heterocycles. The lowest BCUT2D eigenvalue weighted by molar-refractivity contribution is 0.618. The second-order valence-corrected chi connectivity index (χ2v) is 9.14. The number of hydrogen-bond acceptors (Lipinski definition) is 6. The van der Waals surface area contributed by atoms with E-state index in [1.165, 1.54) is 23.9 Å². The van der Waals surface area contributed by atoms with Crippen molar-refractivity contribution >= 4 is 28.6 Å². The Bertz CT molecular complexity index is 1220. The average Bonchev–Trinajstić information content (AvgIpc) is 2.83. The Hall–Kier alpha value is -2.92. The number of pyridine rings is 1. The van der Waals surface area contributed by atoms with Gasteiger partial charge in [-0.2, -0.15) is 5.26 Å². The van der Waals surface area contributed by atoms with Crippen LogP contribution in [0, 0.1) is 24.1 Å². The lowest BCUT2D eigenvalue weighted by Crippen LogP contribution is -2.34. The Morgan fingerprint density at radius 1 is 1.06 bits per heavy atom. The van der Waals surface area contributed by atoms with Crippen LogP contribution in [0.1, 0.15) is 63.6 Å². The van der Waals surface area contributed by atoms with Crippen LogP contribution in [0.25, 0.3) is 16.6 Å². The highest BCUT2D eigenvalue weighted by Crippen LogP contribution is 2.28. The van der Waals surface area contributed by atoms with Gasteiger partial charge in [0.2, 0.25) is 5.95 Å². The minimum Gasteiger partial charge on any atom is -0.342 e. The van der Waals surface area contributed by atoms with E-state index in [-0.39, 0.29) is 11.4 Å². The van der Waals surface area contributed by atoms with Crippen molar-refractivity contribution in [3.63, 3.8) is 0 Å². The standard InChI is InChI=1S/C26H32FN5OS/c1-5-7-9-15-31(16-10-8-6-2)26-30-23-21(17-28)24(34-4)29-18(3)22(23)25(33)32(26)20-13-11-19(27)12-14-20/h11-14H,5-10,15-16H2,1-4H3. The van der Waals surface area contributed by atoms with E-state index >= 15 is 0 Å². The van der Waals surface area contributed by atoms with E-state index in [9.17, 15) is 14.4 Å². The second kappa shape index (κ2) is 12.0. The lowest BCUT2D eigenvalue weighted by Gasteiger charge is -2.27. The van der Waals surface area contributed by atoms with Crippen LogP contribution in [-0.4, -0.2) is 33.9 Å². The summed E-state index contributed by atoms with van der Waals surface area (Å²) < 4.78 is 15.3. The lowest BCUT2D eigenvalue weighted by atomic mass is 10.1. The molecule has 6 nitrogen and oxygen atoms in total. The minimum absolute atomic E-state index is 0.295. The molecule has 0 radical (unpaired) electrons. The molecule has 3 rings (SSSR count). The molecular formula is C26H32FN5OS. The van der Waals surface area contributed by atoms with E-state index in [4.69, 9.17) is 4.98 Å². The second-order valence-electron chi connectivity index (χ2n) is 8.35. The van der Waals surface area contributed by atoms with Crippen molar-refractivity contribution in [1.29, 1.82) is 5.26 Å². The highest BCUT2D eigenvalue weighted by molar-refractivity contribution is 7.98. The van der Waals surface area contributed by atoms with Gasteiger partial charge in [-0.3, -0.25) is 4.79 Å². The molecule has 180 valence electrons. The van der Waals surface area contributed by atoms with Crippen LogP contribution in [0.15, 0.2) is 34.1 Å². The van der Waals surface area contributed by atoms with Gasteiger partial charge in [-0.1, -0.05) is 39.5 Å². The largest absolute Gasteiger partial charge is 0.342 e. The van der Waals surface area contributed by atoms with Gasteiger partial charge in [0, 0.05) is 13.1 Å². The van der Waals surface area contributed by atoms with E-state index in [2.05, 4.69) is 29.8 Å². The van der Waals surface area contributed by atoms with Gasteiger partial charge in [0.15, 0.2) is 0 Å². The maximum absolute atomic E-state index is 13.9. The number of benzene rings is 1. The number of hydrogen-bond donors (Lipinski definition) is 0. The van der Waals surface area contributed by atoms with E-state index in [1.807, 2.05) is 6.26 Å². The molecule has 0 aliphatic rings. The molecule has 0 saturated carbocycles. The van der Waals surface area contributed by atoms with Crippen LogP contribution in [0.2, 0.25) is 0 Å². The smallest absolute Gasteiger partial charge is 0.269 e. The first-order valence-electron chi connectivity index (χ1n) is 11.9. The fourth-order valence-electron chi connectivity index (χ4n) is 4.08. The fourth-order valence-corrected chi connectivity index (χ4v) is 4.66. The molecule has 2 aromatic heterocycles. The number of anilines is 1. The van der Waals surface area contributed by atoms with Gasteiger partial charge in [0.25, 0.3) is 5.56 Å². The van der Waals surface area contributed by atoms with Gasteiger partial charge in [0.05, 0.1) is 16.8 Å². The molecule has 3 aromatic rings. The third-order valence-corrected chi connectivity index (χ3v) is 6.57. The summed E-state index contributed by atoms with van der Waals surface area (Å²) in [5.74, 6) is 0.120. The van der Waals surface area contributed by atoms with Crippen LogP contribution < -0.4 is 10.5 Å². The number of fused-ring (bicyclic) bond motifs is 1. The Labute approximate surface area is 204 Å². The fraction of sp³-hybridized carbons (Fsp3) is 0.462. The van der Waals surface area contributed by atoms with E-state index < -0.39 is 0 Å². The maximum atomic E-state index is 13.9. The van der Waals surface area contributed by atoms with Crippen molar-refractivity contribution in [2.75, 3.05) is 24.2 Å². The SMILES string of the molecule is CCCCCN(CCCCC)c1nc2c(C#N)c(SC)nc(C)c2c(=O)n1-c1ccc(F)cc1. The summed E-state index contributed by atoms with van der Waals surface area (Å²) in [6.07, 6.45) is 8.10. The van der Waals surface area contributed by atoms with Crippen LogP contribution in [0.4, 0.5) is 10.3 Å². The van der Waals surface area contributed by atoms with Crippen molar-refractivity contribution in [1.82, 2.24) is 14.5 Å². The highest BCUT2D eigenvalue weighted by atomic mass is 32.2. The molecule has 0 aliphatic carbocycles. The molecule has 2 heterocycles. The zero-order chi connectivity index (χ0) is 24.7. The molecule has 1 aromatic carbocycles. The Morgan fingerprint density at radius 2 is 1.68 bits per heavy atom. The summed E-state index contributed by atoms with van der Waals surface area (Å²) in [6, 6.07) is 8.09. The number of thioether (sulfide) groups is 1. The number of halogens is 1. The zero-order valence-corrected chi connectivity index (χ0v) is 21.2. The topological polar surface area (TPSA) is 74.8 Å². The summed E-state index contributed by atoms with van der Waals surface area (Å²) in [7, 11) is 0. The van der Waals surface area contributed by atoms with Crippen LogP contribution >= 0.6 is 11.8 Å². The van der Waals surface area contributed by atoms with Gasteiger partial charge in [-0.05, 0) is 50.3 Å². The van der Waals surface area contributed by atoms with Gasteiger partial charge in [-0.25, -0.2) is 18.9 Å². The third-order valence-electron chi connectivity index (χ3n) is 5.88. The first-order chi connectivity index (χ1) is 16.5. The molecule has 0 N–H and O–H groups in total. The van der Waals surface area contributed by atoms with E-state index in [0.717, 1.165) is 51.6 Å². The van der Waals surface area contributed by atoms with Crippen molar-refractivity contribution in [2.45, 2.75) is 64.3 Å². The molecule has 0 bridgehead atoms. The van der Waals surface area contributed by atoms with Gasteiger partial charge in [0.1, 0.15) is 28.0 Å². The Balaban J connectivity index is 2.35. The number of nitriles is 1. The molecule has 34 heavy (non-hydrogen) atoms. The van der Waals surface area contributed by atoms with E-state index in [0.29, 0.717) is 38.8 Å². The minimum atomic E-state index is -0.371. The van der Waals surface area contributed by atoms with Gasteiger partial charge in [-0.15, -0.1) is 11.8 Å². The molecule has 0 fully saturated rings. The number of aromatic nitrogens is 3. The third kappa shape index (κ3) is 5.41. The monoisotopic (exact) mass is 481 g/mol. The molecule has 0 amide bonds. The number of unbranched alkanes of at least 4 members (excludes halogenated alkanes) is 4. The molecule has 0 saturated heterocycles. The molecular weight excluding hydrogens is 449 g/mol. The van der Waals surface area contributed by atoms with Crippen molar-refractivity contribution < 1.29 is 4.39 Å². The predicted molar refractivity (Wildman–Crippen MR) is 138 cm³/mol. The van der Waals surface area contributed by atoms with Crippen molar-refractivity contribution in [3.8, 4) is 11.8 Å². The summed E-state index contributed by atoms with van der Waals surface area (Å²) >= 11 is 1.37. The van der Waals surface area contributed by atoms with E-state index in [1.54, 1.807) is 23.6 Å².